The Labute approximate surface area is 175 Å². The zero-order valence-electron chi connectivity index (χ0n) is 16.1. The van der Waals surface area contributed by atoms with Crippen molar-refractivity contribution >= 4 is 32.7 Å². The largest absolute Gasteiger partial charge is 0.326 e. The highest BCUT2D eigenvalue weighted by atomic mass is 35.5. The second kappa shape index (κ2) is 8.34. The second-order valence-corrected chi connectivity index (χ2v) is 9.70. The third-order valence-corrected chi connectivity index (χ3v) is 7.75. The number of nitrogens with zero attached hydrogens (tertiary/aromatic N) is 2. The van der Waals surface area contributed by atoms with Gasteiger partial charge in [-0.3, -0.25) is 4.57 Å². The Kier molecular flexibility index (Phi) is 5.81. The molecule has 1 aliphatic heterocycles. The SMILES string of the molecule is O=c1[nH]c2ccccc2n1C1CCN(S(=O)(=O)c2ccc(CCCCl)cc2)CC1. The molecule has 0 unspecified atom stereocenters. The zero-order valence-corrected chi connectivity index (χ0v) is 17.6. The van der Waals surface area contributed by atoms with Gasteiger partial charge in [-0.05, 0) is 55.5 Å². The number of benzene rings is 2. The molecule has 3 aromatic rings. The van der Waals surface area contributed by atoms with E-state index in [2.05, 4.69) is 4.98 Å². The van der Waals surface area contributed by atoms with E-state index in [-0.39, 0.29) is 11.7 Å². The first-order valence-electron chi connectivity index (χ1n) is 9.85. The summed E-state index contributed by atoms with van der Waals surface area (Å²) < 4.78 is 29.3. The molecule has 1 aliphatic rings. The summed E-state index contributed by atoms with van der Waals surface area (Å²) in [5.41, 5.74) is 2.62. The van der Waals surface area contributed by atoms with Gasteiger partial charge in [0.2, 0.25) is 10.0 Å². The number of hydrogen-bond acceptors (Lipinski definition) is 3. The van der Waals surface area contributed by atoms with Crippen LogP contribution in [0.5, 0.6) is 0 Å². The number of nitrogens with one attached hydrogen (secondary N) is 1. The highest BCUT2D eigenvalue weighted by Gasteiger charge is 2.31. The number of imidazole rings is 1. The molecule has 1 saturated heterocycles. The minimum atomic E-state index is -3.53. The van der Waals surface area contributed by atoms with E-state index in [0.717, 1.165) is 29.4 Å². The van der Waals surface area contributed by atoms with Gasteiger partial charge in [0.25, 0.3) is 0 Å². The molecule has 0 atom stereocenters. The average molecular weight is 434 g/mol. The number of para-hydroxylation sites is 2. The van der Waals surface area contributed by atoms with Gasteiger partial charge in [-0.1, -0.05) is 24.3 Å². The summed E-state index contributed by atoms with van der Waals surface area (Å²) in [4.78, 5) is 15.6. The lowest BCUT2D eigenvalue weighted by atomic mass is 10.1. The first kappa shape index (κ1) is 20.2. The molecule has 2 heterocycles. The minimum Gasteiger partial charge on any atom is -0.306 e. The maximum absolute atomic E-state index is 13.0. The molecule has 29 heavy (non-hydrogen) atoms. The third-order valence-electron chi connectivity index (χ3n) is 5.57. The molecule has 1 aromatic heterocycles. The molecule has 1 N–H and O–H groups in total. The summed E-state index contributed by atoms with van der Waals surface area (Å²) in [5, 5.41) is 0. The van der Waals surface area contributed by atoms with E-state index in [0.29, 0.717) is 36.7 Å². The lowest BCUT2D eigenvalue weighted by Gasteiger charge is -2.31. The third kappa shape index (κ3) is 3.99. The number of aromatic nitrogens is 2. The van der Waals surface area contributed by atoms with E-state index in [1.807, 2.05) is 36.4 Å². The second-order valence-electron chi connectivity index (χ2n) is 7.39. The molecule has 0 bridgehead atoms. The quantitative estimate of drug-likeness (QED) is 0.604. The van der Waals surface area contributed by atoms with Gasteiger partial charge in [0.1, 0.15) is 0 Å². The van der Waals surface area contributed by atoms with Crippen molar-refractivity contribution in [1.82, 2.24) is 13.9 Å². The van der Waals surface area contributed by atoms with Crippen LogP contribution in [-0.4, -0.2) is 41.2 Å². The van der Waals surface area contributed by atoms with Gasteiger partial charge in [0.05, 0.1) is 15.9 Å². The molecule has 0 radical (unpaired) electrons. The van der Waals surface area contributed by atoms with Crippen LogP contribution in [-0.2, 0) is 16.4 Å². The fraction of sp³-hybridized carbons (Fsp3) is 0.381. The van der Waals surface area contributed by atoms with E-state index in [4.69, 9.17) is 11.6 Å². The maximum Gasteiger partial charge on any atom is 0.326 e. The van der Waals surface area contributed by atoms with E-state index >= 15 is 0 Å². The standard InChI is InChI=1S/C21H24ClN3O3S/c22-13-3-4-16-7-9-18(10-8-16)29(27,28)24-14-11-17(12-15-24)25-20-6-2-1-5-19(20)23-21(25)26/h1-2,5-10,17H,3-4,11-15H2,(H,23,26). The molecule has 0 spiro atoms. The van der Waals surface area contributed by atoms with Crippen LogP contribution in [0.4, 0.5) is 0 Å². The van der Waals surface area contributed by atoms with Gasteiger partial charge < -0.3 is 4.98 Å². The lowest BCUT2D eigenvalue weighted by molar-refractivity contribution is 0.274. The van der Waals surface area contributed by atoms with Gasteiger partial charge in [-0.2, -0.15) is 4.31 Å². The highest BCUT2D eigenvalue weighted by Crippen LogP contribution is 2.28. The van der Waals surface area contributed by atoms with Crippen LogP contribution in [0, 0.1) is 0 Å². The summed E-state index contributed by atoms with van der Waals surface area (Å²) >= 11 is 5.72. The molecule has 154 valence electrons. The van der Waals surface area contributed by atoms with Crippen molar-refractivity contribution in [3.8, 4) is 0 Å². The highest BCUT2D eigenvalue weighted by molar-refractivity contribution is 7.89. The number of fused-ring (bicyclic) bond motifs is 1. The van der Waals surface area contributed by atoms with E-state index in [1.165, 1.54) is 4.31 Å². The Morgan fingerprint density at radius 3 is 2.41 bits per heavy atom. The van der Waals surface area contributed by atoms with E-state index in [1.54, 1.807) is 16.7 Å². The summed E-state index contributed by atoms with van der Waals surface area (Å²) in [6, 6.07) is 14.6. The molecule has 1 fully saturated rings. The molecule has 8 heteroatoms. The number of rotatable bonds is 6. The Morgan fingerprint density at radius 2 is 1.72 bits per heavy atom. The van der Waals surface area contributed by atoms with Crippen LogP contribution < -0.4 is 5.69 Å². The Morgan fingerprint density at radius 1 is 1.03 bits per heavy atom. The van der Waals surface area contributed by atoms with Crippen LogP contribution in [0.2, 0.25) is 0 Å². The Balaban J connectivity index is 1.48. The smallest absolute Gasteiger partial charge is 0.306 e. The first-order chi connectivity index (χ1) is 14.0. The van der Waals surface area contributed by atoms with Crippen molar-refractivity contribution < 1.29 is 8.42 Å². The van der Waals surface area contributed by atoms with Crippen molar-refractivity contribution in [1.29, 1.82) is 0 Å². The summed E-state index contributed by atoms with van der Waals surface area (Å²) in [7, 11) is -3.53. The summed E-state index contributed by atoms with van der Waals surface area (Å²) in [6.45, 7) is 0.792. The van der Waals surface area contributed by atoms with Crippen LogP contribution in [0.3, 0.4) is 0 Å². The molecule has 6 nitrogen and oxygen atoms in total. The van der Waals surface area contributed by atoms with Crippen molar-refractivity contribution in [2.75, 3.05) is 19.0 Å². The monoisotopic (exact) mass is 433 g/mol. The van der Waals surface area contributed by atoms with Gasteiger partial charge in [-0.25, -0.2) is 13.2 Å². The van der Waals surface area contributed by atoms with Gasteiger partial charge in [0, 0.05) is 25.0 Å². The number of hydrogen-bond donors (Lipinski definition) is 1. The van der Waals surface area contributed by atoms with Crippen molar-refractivity contribution in [2.24, 2.45) is 0 Å². The first-order valence-corrected chi connectivity index (χ1v) is 11.8. The van der Waals surface area contributed by atoms with Gasteiger partial charge >= 0.3 is 5.69 Å². The zero-order chi connectivity index (χ0) is 20.4. The topological polar surface area (TPSA) is 75.2 Å². The Bertz CT molecular complexity index is 1140. The Hall–Kier alpha value is -2.09. The molecule has 0 aliphatic carbocycles. The molecular formula is C21H24ClN3O3S. The number of piperidine rings is 1. The minimum absolute atomic E-state index is 0.0111. The van der Waals surface area contributed by atoms with Crippen LogP contribution in [0.25, 0.3) is 11.0 Å². The molecular weight excluding hydrogens is 410 g/mol. The summed E-state index contributed by atoms with van der Waals surface area (Å²) in [6.07, 6.45) is 2.92. The number of alkyl halides is 1. The van der Waals surface area contributed by atoms with Gasteiger partial charge in [-0.15, -0.1) is 11.6 Å². The normalized spacial score (nSPS) is 16.4. The molecule has 2 aromatic carbocycles. The fourth-order valence-electron chi connectivity index (χ4n) is 4.03. The number of aromatic amines is 1. The molecule has 0 saturated carbocycles. The number of aryl methyl sites for hydroxylation is 1. The van der Waals surface area contributed by atoms with Crippen molar-refractivity contribution in [2.45, 2.75) is 36.6 Å². The maximum atomic E-state index is 13.0. The van der Waals surface area contributed by atoms with Crippen molar-refractivity contribution in [3.05, 3.63) is 64.6 Å². The number of sulfonamides is 1. The van der Waals surface area contributed by atoms with E-state index < -0.39 is 10.0 Å². The number of H-pyrrole nitrogens is 1. The van der Waals surface area contributed by atoms with Crippen LogP contribution in [0.15, 0.2) is 58.2 Å². The predicted molar refractivity (Wildman–Crippen MR) is 115 cm³/mol. The lowest BCUT2D eigenvalue weighted by Crippen LogP contribution is -2.40. The van der Waals surface area contributed by atoms with Gasteiger partial charge in [0.15, 0.2) is 0 Å². The molecule has 4 rings (SSSR count). The molecule has 0 amide bonds. The van der Waals surface area contributed by atoms with E-state index in [9.17, 15) is 13.2 Å². The summed E-state index contributed by atoms with van der Waals surface area (Å²) in [5.74, 6) is 0.592. The van der Waals surface area contributed by atoms with Crippen LogP contribution in [0.1, 0.15) is 30.9 Å². The average Bonchev–Trinajstić information content (AvgIpc) is 3.08. The predicted octanol–water partition coefficient (Wildman–Crippen LogP) is 3.53. The van der Waals surface area contributed by atoms with Crippen molar-refractivity contribution in [3.63, 3.8) is 0 Å². The number of halogens is 1. The fourth-order valence-corrected chi connectivity index (χ4v) is 5.63. The van der Waals surface area contributed by atoms with Crippen LogP contribution >= 0.6 is 11.6 Å².